The highest BCUT2D eigenvalue weighted by molar-refractivity contribution is 7.89. The van der Waals surface area contributed by atoms with Gasteiger partial charge in [-0.25, -0.2) is 18.1 Å². The molecular weight excluding hydrogens is 318 g/mol. The predicted molar refractivity (Wildman–Crippen MR) is 88.5 cm³/mol. The number of sulfonamides is 1. The highest BCUT2D eigenvalue weighted by Crippen LogP contribution is 2.30. The molecule has 7 heteroatoms. The number of nitrogens with one attached hydrogen (secondary N) is 1. The SMILES string of the molecule is Cc1c(S(=O)(=O)N[C@H](C)c2nccs2)c2ccccc2n1C. The van der Waals surface area contributed by atoms with Crippen molar-refractivity contribution < 1.29 is 8.42 Å². The van der Waals surface area contributed by atoms with Crippen molar-refractivity contribution in [2.45, 2.75) is 24.8 Å². The summed E-state index contributed by atoms with van der Waals surface area (Å²) in [5, 5.41) is 3.33. The summed E-state index contributed by atoms with van der Waals surface area (Å²) in [5.74, 6) is 0. The number of fused-ring (bicyclic) bond motifs is 1. The molecular formula is C15H17N3O2S2. The number of aromatic nitrogens is 2. The minimum atomic E-state index is -3.63. The van der Waals surface area contributed by atoms with Crippen LogP contribution in [-0.2, 0) is 17.1 Å². The van der Waals surface area contributed by atoms with Gasteiger partial charge in [0.05, 0.1) is 6.04 Å². The van der Waals surface area contributed by atoms with Crippen molar-refractivity contribution in [3.05, 3.63) is 46.5 Å². The van der Waals surface area contributed by atoms with Crippen LogP contribution in [0.25, 0.3) is 10.9 Å². The molecule has 0 fully saturated rings. The molecule has 0 bridgehead atoms. The van der Waals surface area contributed by atoms with Gasteiger partial charge in [0.2, 0.25) is 10.0 Å². The molecule has 0 amide bonds. The normalized spacial score (nSPS) is 13.6. The fourth-order valence-corrected chi connectivity index (χ4v) is 5.02. The van der Waals surface area contributed by atoms with Crippen molar-refractivity contribution >= 4 is 32.3 Å². The Morgan fingerprint density at radius 1 is 1.32 bits per heavy atom. The van der Waals surface area contributed by atoms with Crippen LogP contribution in [0.3, 0.4) is 0 Å². The van der Waals surface area contributed by atoms with Crippen LogP contribution < -0.4 is 4.72 Å². The summed E-state index contributed by atoms with van der Waals surface area (Å²) in [4.78, 5) is 4.51. The zero-order chi connectivity index (χ0) is 15.9. The molecule has 2 heterocycles. The van der Waals surface area contributed by atoms with E-state index in [1.165, 1.54) is 11.3 Å². The van der Waals surface area contributed by atoms with Crippen molar-refractivity contribution in [1.82, 2.24) is 14.3 Å². The smallest absolute Gasteiger partial charge is 0.243 e. The molecule has 2 aromatic heterocycles. The Bertz CT molecular complexity index is 912. The number of benzene rings is 1. The van der Waals surface area contributed by atoms with Crippen molar-refractivity contribution in [3.8, 4) is 0 Å². The van der Waals surface area contributed by atoms with E-state index in [0.29, 0.717) is 4.90 Å². The molecule has 3 rings (SSSR count). The maximum atomic E-state index is 12.8. The summed E-state index contributed by atoms with van der Waals surface area (Å²) in [6, 6.07) is 7.16. The molecule has 1 N–H and O–H groups in total. The molecule has 0 aliphatic heterocycles. The first-order chi connectivity index (χ1) is 10.4. The van der Waals surface area contributed by atoms with Crippen molar-refractivity contribution in [2.75, 3.05) is 0 Å². The van der Waals surface area contributed by atoms with Crippen LogP contribution >= 0.6 is 11.3 Å². The van der Waals surface area contributed by atoms with Crippen LogP contribution in [0.1, 0.15) is 23.7 Å². The summed E-state index contributed by atoms with van der Waals surface area (Å²) in [5.41, 5.74) is 1.63. The molecule has 0 aliphatic carbocycles. The average molecular weight is 335 g/mol. The fourth-order valence-electron chi connectivity index (χ4n) is 2.62. The maximum Gasteiger partial charge on any atom is 0.243 e. The first-order valence-corrected chi connectivity index (χ1v) is 9.24. The number of rotatable bonds is 4. The lowest BCUT2D eigenvalue weighted by molar-refractivity contribution is 0.566. The molecule has 1 atom stereocenters. The monoisotopic (exact) mass is 335 g/mol. The van der Waals surface area contributed by atoms with Gasteiger partial charge in [0.25, 0.3) is 0 Å². The molecule has 0 radical (unpaired) electrons. The standard InChI is InChI=1S/C15H17N3O2S2/c1-10(15-16-8-9-21-15)17-22(19,20)14-11(2)18(3)13-7-5-4-6-12(13)14/h4-10,17H,1-3H3/t10-/m1/s1. The lowest BCUT2D eigenvalue weighted by Crippen LogP contribution is -2.27. The Balaban J connectivity index is 2.08. The molecule has 22 heavy (non-hydrogen) atoms. The van der Waals surface area contributed by atoms with Gasteiger partial charge < -0.3 is 4.57 Å². The van der Waals surface area contributed by atoms with Gasteiger partial charge in [-0.05, 0) is 19.9 Å². The molecule has 0 unspecified atom stereocenters. The number of hydrogen-bond acceptors (Lipinski definition) is 4. The topological polar surface area (TPSA) is 64.0 Å². The van der Waals surface area contributed by atoms with Gasteiger partial charge in [-0.2, -0.15) is 0 Å². The van der Waals surface area contributed by atoms with Crippen molar-refractivity contribution in [3.63, 3.8) is 0 Å². The second-order valence-electron chi connectivity index (χ2n) is 5.20. The van der Waals surface area contributed by atoms with Gasteiger partial charge in [-0.3, -0.25) is 0 Å². The van der Waals surface area contributed by atoms with Crippen LogP contribution in [0.5, 0.6) is 0 Å². The van der Waals surface area contributed by atoms with Gasteiger partial charge in [0.1, 0.15) is 9.90 Å². The zero-order valence-electron chi connectivity index (χ0n) is 12.6. The number of aryl methyl sites for hydroxylation is 1. The highest BCUT2D eigenvalue weighted by Gasteiger charge is 2.26. The van der Waals surface area contributed by atoms with Crippen LogP contribution in [0.4, 0.5) is 0 Å². The van der Waals surface area contributed by atoms with E-state index in [9.17, 15) is 8.42 Å². The molecule has 0 saturated carbocycles. The Labute approximate surface area is 133 Å². The largest absolute Gasteiger partial charge is 0.347 e. The number of thiazole rings is 1. The number of para-hydroxylation sites is 1. The van der Waals surface area contributed by atoms with E-state index in [2.05, 4.69) is 9.71 Å². The third-order valence-corrected chi connectivity index (χ3v) is 6.44. The second-order valence-corrected chi connectivity index (χ2v) is 7.78. The van der Waals surface area contributed by atoms with Gasteiger partial charge >= 0.3 is 0 Å². The van der Waals surface area contributed by atoms with Crippen LogP contribution in [0.2, 0.25) is 0 Å². The van der Waals surface area contributed by atoms with Crippen molar-refractivity contribution in [2.24, 2.45) is 7.05 Å². The number of nitrogens with zero attached hydrogens (tertiary/aromatic N) is 2. The number of hydrogen-bond donors (Lipinski definition) is 1. The first kappa shape index (κ1) is 15.2. The zero-order valence-corrected chi connectivity index (χ0v) is 14.2. The van der Waals surface area contributed by atoms with E-state index in [4.69, 9.17) is 0 Å². The molecule has 5 nitrogen and oxygen atoms in total. The van der Waals surface area contributed by atoms with Gasteiger partial charge in [-0.15, -0.1) is 11.3 Å². The quantitative estimate of drug-likeness (QED) is 0.797. The summed E-state index contributed by atoms with van der Waals surface area (Å²) < 4.78 is 30.3. The van der Waals surface area contributed by atoms with Crippen LogP contribution in [0, 0.1) is 6.92 Å². The van der Waals surface area contributed by atoms with E-state index in [1.54, 1.807) is 13.1 Å². The summed E-state index contributed by atoms with van der Waals surface area (Å²) in [7, 11) is -1.75. The fraction of sp³-hybridized carbons (Fsp3) is 0.267. The summed E-state index contributed by atoms with van der Waals surface area (Å²) in [6.07, 6.45) is 1.67. The van der Waals surface area contributed by atoms with E-state index < -0.39 is 10.0 Å². The Morgan fingerprint density at radius 3 is 2.73 bits per heavy atom. The minimum Gasteiger partial charge on any atom is -0.347 e. The van der Waals surface area contributed by atoms with Crippen LogP contribution in [-0.4, -0.2) is 18.0 Å². The Kier molecular flexibility index (Phi) is 3.80. The molecule has 0 aliphatic rings. The maximum absolute atomic E-state index is 12.8. The molecule has 1 aromatic carbocycles. The van der Waals surface area contributed by atoms with E-state index in [1.807, 2.05) is 48.2 Å². The lowest BCUT2D eigenvalue weighted by atomic mass is 10.2. The van der Waals surface area contributed by atoms with Crippen molar-refractivity contribution in [1.29, 1.82) is 0 Å². The second kappa shape index (κ2) is 5.49. The highest BCUT2D eigenvalue weighted by atomic mass is 32.2. The Hall–Kier alpha value is -1.70. The van der Waals surface area contributed by atoms with Crippen LogP contribution in [0.15, 0.2) is 40.7 Å². The first-order valence-electron chi connectivity index (χ1n) is 6.87. The van der Waals surface area contributed by atoms with Gasteiger partial charge in [0.15, 0.2) is 0 Å². The van der Waals surface area contributed by atoms with E-state index in [-0.39, 0.29) is 6.04 Å². The summed E-state index contributed by atoms with van der Waals surface area (Å²) >= 11 is 1.44. The third-order valence-electron chi connectivity index (χ3n) is 3.76. The van der Waals surface area contributed by atoms with E-state index in [0.717, 1.165) is 21.6 Å². The van der Waals surface area contributed by atoms with Gasteiger partial charge in [-0.1, -0.05) is 18.2 Å². The minimum absolute atomic E-state index is 0.342. The van der Waals surface area contributed by atoms with Gasteiger partial charge in [0, 0.05) is 35.2 Å². The predicted octanol–water partition coefficient (Wildman–Crippen LogP) is 2.98. The molecule has 0 saturated heterocycles. The molecule has 116 valence electrons. The molecule has 3 aromatic rings. The summed E-state index contributed by atoms with van der Waals surface area (Å²) in [6.45, 7) is 3.62. The van der Waals surface area contributed by atoms with E-state index >= 15 is 0 Å². The average Bonchev–Trinajstić information content (AvgIpc) is 3.07. The lowest BCUT2D eigenvalue weighted by Gasteiger charge is -2.12. The molecule has 0 spiro atoms. The third kappa shape index (κ3) is 2.45. The Morgan fingerprint density at radius 2 is 2.05 bits per heavy atom.